The molecule has 21 heavy (non-hydrogen) atoms. The summed E-state index contributed by atoms with van der Waals surface area (Å²) in [5.74, 6) is 2.61. The number of hydrogen-bond acceptors (Lipinski definition) is 2. The summed E-state index contributed by atoms with van der Waals surface area (Å²) in [4.78, 5) is 0. The van der Waals surface area contributed by atoms with Crippen LogP contribution >= 0.6 is 0 Å². The first-order valence-electron chi connectivity index (χ1n) is 7.62. The zero-order chi connectivity index (χ0) is 15.4. The SMILES string of the molecule is CCC(C)c1c(O)cccc1Oc1ccc(C(C)C)cc1. The molecule has 2 rings (SSSR count). The van der Waals surface area contributed by atoms with Gasteiger partial charge in [0.1, 0.15) is 17.2 Å². The van der Waals surface area contributed by atoms with E-state index < -0.39 is 0 Å². The van der Waals surface area contributed by atoms with E-state index in [1.165, 1.54) is 5.56 Å². The van der Waals surface area contributed by atoms with E-state index in [2.05, 4.69) is 39.8 Å². The number of rotatable bonds is 5. The van der Waals surface area contributed by atoms with Crippen molar-refractivity contribution in [2.24, 2.45) is 0 Å². The van der Waals surface area contributed by atoms with E-state index in [0.29, 0.717) is 11.7 Å². The van der Waals surface area contributed by atoms with Crippen LogP contribution in [0, 0.1) is 0 Å². The van der Waals surface area contributed by atoms with Crippen molar-refractivity contribution in [1.82, 2.24) is 0 Å². The van der Waals surface area contributed by atoms with Crippen LogP contribution in [0.5, 0.6) is 17.2 Å². The minimum atomic E-state index is 0.260. The Morgan fingerprint density at radius 3 is 2.24 bits per heavy atom. The quantitative estimate of drug-likeness (QED) is 0.749. The van der Waals surface area contributed by atoms with Gasteiger partial charge in [0.25, 0.3) is 0 Å². The minimum Gasteiger partial charge on any atom is -0.508 e. The van der Waals surface area contributed by atoms with Crippen molar-refractivity contribution in [3.8, 4) is 17.2 Å². The predicted molar refractivity (Wildman–Crippen MR) is 87.4 cm³/mol. The first kappa shape index (κ1) is 15.4. The number of benzene rings is 2. The first-order valence-corrected chi connectivity index (χ1v) is 7.62. The van der Waals surface area contributed by atoms with Crippen LogP contribution in [0.15, 0.2) is 42.5 Å². The summed E-state index contributed by atoms with van der Waals surface area (Å²) in [6.07, 6.45) is 0.959. The standard InChI is InChI=1S/C19H24O2/c1-5-14(4)19-17(20)7-6-8-18(19)21-16-11-9-15(10-12-16)13(2)3/h6-14,20H,5H2,1-4H3. The molecule has 1 atom stereocenters. The lowest BCUT2D eigenvalue weighted by molar-refractivity contribution is 0.434. The van der Waals surface area contributed by atoms with Crippen molar-refractivity contribution >= 4 is 0 Å². The zero-order valence-corrected chi connectivity index (χ0v) is 13.3. The molecule has 112 valence electrons. The van der Waals surface area contributed by atoms with Crippen LogP contribution in [0.25, 0.3) is 0 Å². The van der Waals surface area contributed by atoms with E-state index in [4.69, 9.17) is 4.74 Å². The molecule has 2 aromatic carbocycles. The molecule has 0 saturated carbocycles. The summed E-state index contributed by atoms with van der Waals surface area (Å²) in [5, 5.41) is 10.1. The molecule has 0 heterocycles. The van der Waals surface area contributed by atoms with Gasteiger partial charge in [-0.15, -0.1) is 0 Å². The van der Waals surface area contributed by atoms with E-state index in [1.807, 2.05) is 24.3 Å². The van der Waals surface area contributed by atoms with Gasteiger partial charge in [-0.25, -0.2) is 0 Å². The average Bonchev–Trinajstić information content (AvgIpc) is 2.47. The van der Waals surface area contributed by atoms with E-state index in [-0.39, 0.29) is 5.92 Å². The van der Waals surface area contributed by atoms with Crippen molar-refractivity contribution in [3.63, 3.8) is 0 Å². The molecular formula is C19H24O2. The third-order valence-electron chi connectivity index (χ3n) is 3.92. The Kier molecular flexibility index (Phi) is 4.89. The van der Waals surface area contributed by atoms with Crippen LogP contribution in [0.1, 0.15) is 57.1 Å². The molecule has 0 fully saturated rings. The lowest BCUT2D eigenvalue weighted by Crippen LogP contribution is -1.97. The predicted octanol–water partition coefficient (Wildman–Crippen LogP) is 5.82. The summed E-state index contributed by atoms with van der Waals surface area (Å²) in [7, 11) is 0. The van der Waals surface area contributed by atoms with Gasteiger partial charge in [-0.2, -0.15) is 0 Å². The van der Waals surface area contributed by atoms with Gasteiger partial charge in [0.15, 0.2) is 0 Å². The molecule has 0 amide bonds. The molecule has 0 bridgehead atoms. The fraction of sp³-hybridized carbons (Fsp3) is 0.368. The normalized spacial score (nSPS) is 12.4. The number of phenols is 1. The number of hydrogen-bond donors (Lipinski definition) is 1. The van der Waals surface area contributed by atoms with Gasteiger partial charge in [0, 0.05) is 5.56 Å². The van der Waals surface area contributed by atoms with Gasteiger partial charge in [0.2, 0.25) is 0 Å². The highest BCUT2D eigenvalue weighted by atomic mass is 16.5. The summed E-state index contributed by atoms with van der Waals surface area (Å²) in [6.45, 7) is 8.56. The second kappa shape index (κ2) is 6.66. The van der Waals surface area contributed by atoms with Gasteiger partial charge >= 0.3 is 0 Å². The van der Waals surface area contributed by atoms with E-state index in [1.54, 1.807) is 6.07 Å². The molecule has 0 spiro atoms. The second-order valence-corrected chi connectivity index (χ2v) is 5.82. The molecule has 0 aliphatic carbocycles. The van der Waals surface area contributed by atoms with Gasteiger partial charge in [-0.05, 0) is 48.1 Å². The molecule has 0 saturated heterocycles. The minimum absolute atomic E-state index is 0.260. The maximum Gasteiger partial charge on any atom is 0.134 e. The van der Waals surface area contributed by atoms with Crippen LogP contribution in [0.4, 0.5) is 0 Å². The lowest BCUT2D eigenvalue weighted by Gasteiger charge is -2.17. The number of aromatic hydroxyl groups is 1. The van der Waals surface area contributed by atoms with E-state index in [0.717, 1.165) is 23.5 Å². The van der Waals surface area contributed by atoms with Crippen LogP contribution in [-0.4, -0.2) is 5.11 Å². The van der Waals surface area contributed by atoms with Crippen molar-refractivity contribution in [2.75, 3.05) is 0 Å². The molecule has 2 aromatic rings. The fourth-order valence-corrected chi connectivity index (χ4v) is 2.37. The number of ether oxygens (including phenoxy) is 1. The smallest absolute Gasteiger partial charge is 0.134 e. The molecular weight excluding hydrogens is 260 g/mol. The molecule has 1 N–H and O–H groups in total. The summed E-state index contributed by atoms with van der Waals surface area (Å²) >= 11 is 0. The van der Waals surface area contributed by atoms with Crippen molar-refractivity contribution < 1.29 is 9.84 Å². The van der Waals surface area contributed by atoms with Crippen molar-refractivity contribution in [3.05, 3.63) is 53.6 Å². The van der Waals surface area contributed by atoms with Gasteiger partial charge in [0.05, 0.1) is 0 Å². The van der Waals surface area contributed by atoms with Gasteiger partial charge < -0.3 is 9.84 Å². The average molecular weight is 284 g/mol. The van der Waals surface area contributed by atoms with E-state index in [9.17, 15) is 5.11 Å². The molecule has 0 aliphatic heterocycles. The Balaban J connectivity index is 2.29. The zero-order valence-electron chi connectivity index (χ0n) is 13.3. The van der Waals surface area contributed by atoms with Crippen LogP contribution in [-0.2, 0) is 0 Å². The van der Waals surface area contributed by atoms with Gasteiger partial charge in [-0.3, -0.25) is 0 Å². The maximum atomic E-state index is 10.1. The Bertz CT molecular complexity index is 585. The van der Waals surface area contributed by atoms with Crippen molar-refractivity contribution in [2.45, 2.75) is 46.0 Å². The summed E-state index contributed by atoms with van der Waals surface area (Å²) < 4.78 is 5.99. The van der Waals surface area contributed by atoms with Crippen LogP contribution < -0.4 is 4.74 Å². The monoisotopic (exact) mass is 284 g/mol. The summed E-state index contributed by atoms with van der Waals surface area (Å²) in [6, 6.07) is 13.6. The maximum absolute atomic E-state index is 10.1. The molecule has 2 nitrogen and oxygen atoms in total. The van der Waals surface area contributed by atoms with Crippen LogP contribution in [0.3, 0.4) is 0 Å². The molecule has 0 aromatic heterocycles. The first-order chi connectivity index (χ1) is 10.0. The third kappa shape index (κ3) is 3.57. The Morgan fingerprint density at radius 1 is 1.00 bits per heavy atom. The highest BCUT2D eigenvalue weighted by Gasteiger charge is 2.15. The summed E-state index contributed by atoms with van der Waals surface area (Å²) in [5.41, 5.74) is 2.17. The van der Waals surface area contributed by atoms with Crippen LogP contribution in [0.2, 0.25) is 0 Å². The highest BCUT2D eigenvalue weighted by Crippen LogP contribution is 2.38. The highest BCUT2D eigenvalue weighted by molar-refractivity contribution is 5.48. The lowest BCUT2D eigenvalue weighted by atomic mass is 9.96. The Labute approximate surface area is 127 Å². The molecule has 0 aliphatic rings. The van der Waals surface area contributed by atoms with E-state index >= 15 is 0 Å². The molecule has 1 unspecified atom stereocenters. The topological polar surface area (TPSA) is 29.5 Å². The number of phenolic OH excluding ortho intramolecular Hbond substituents is 1. The van der Waals surface area contributed by atoms with Gasteiger partial charge in [-0.1, -0.05) is 45.9 Å². The molecule has 0 radical (unpaired) electrons. The Hall–Kier alpha value is -1.96. The largest absolute Gasteiger partial charge is 0.508 e. The fourth-order valence-electron chi connectivity index (χ4n) is 2.37. The van der Waals surface area contributed by atoms with Crippen molar-refractivity contribution in [1.29, 1.82) is 0 Å². The third-order valence-corrected chi connectivity index (χ3v) is 3.92. The molecule has 2 heteroatoms. The second-order valence-electron chi connectivity index (χ2n) is 5.82. The Morgan fingerprint density at radius 2 is 1.67 bits per heavy atom.